The second-order valence-corrected chi connectivity index (χ2v) is 3.21. The third-order valence-corrected chi connectivity index (χ3v) is 2.08. The molecule has 0 radical (unpaired) electrons. The average Bonchev–Trinajstić information content (AvgIpc) is 2.73. The van der Waals surface area contributed by atoms with Gasteiger partial charge in [-0.2, -0.15) is 4.39 Å². The van der Waals surface area contributed by atoms with Crippen molar-refractivity contribution in [3.8, 4) is 0 Å². The highest BCUT2D eigenvalue weighted by Gasteiger charge is 2.14. The number of rotatable bonds is 2. The summed E-state index contributed by atoms with van der Waals surface area (Å²) in [5.41, 5.74) is -0.232. The molecular formula is C9H9FN4O2. The number of benzene rings is 1. The Labute approximate surface area is 90.3 Å². The second kappa shape index (κ2) is 4.13. The van der Waals surface area contributed by atoms with Crippen molar-refractivity contribution in [3.63, 3.8) is 0 Å². The molecule has 1 heterocycles. The predicted octanol–water partition coefficient (Wildman–Crippen LogP) is 0.914. The number of nitrogens with one attached hydrogen (secondary N) is 2. The van der Waals surface area contributed by atoms with Crippen molar-refractivity contribution in [1.29, 1.82) is 0 Å². The van der Waals surface area contributed by atoms with Gasteiger partial charge >= 0.3 is 5.69 Å². The first-order valence-electron chi connectivity index (χ1n) is 4.67. The molecule has 1 aromatic rings. The monoisotopic (exact) mass is 224 g/mol. The molecule has 16 heavy (non-hydrogen) atoms. The first-order chi connectivity index (χ1) is 7.66. The minimum absolute atomic E-state index is 0.338. The smallest absolute Gasteiger partial charge is 0.306 e. The van der Waals surface area contributed by atoms with Crippen LogP contribution in [0.1, 0.15) is 0 Å². The summed E-state index contributed by atoms with van der Waals surface area (Å²) in [5, 5.41) is 16.4. The lowest BCUT2D eigenvalue weighted by atomic mass is 10.3. The van der Waals surface area contributed by atoms with Crippen molar-refractivity contribution >= 4 is 17.3 Å². The van der Waals surface area contributed by atoms with Crippen molar-refractivity contribution in [2.24, 2.45) is 4.99 Å². The maximum absolute atomic E-state index is 13.0. The second-order valence-electron chi connectivity index (χ2n) is 3.21. The zero-order valence-corrected chi connectivity index (χ0v) is 8.24. The zero-order valence-electron chi connectivity index (χ0n) is 8.24. The van der Waals surface area contributed by atoms with Crippen LogP contribution in [-0.2, 0) is 0 Å². The summed E-state index contributed by atoms with van der Waals surface area (Å²) < 4.78 is 13.0. The molecule has 84 valence electrons. The third-order valence-electron chi connectivity index (χ3n) is 2.08. The largest absolute Gasteiger partial charge is 0.354 e. The first-order valence-corrected chi connectivity index (χ1v) is 4.67. The van der Waals surface area contributed by atoms with Gasteiger partial charge in [0.05, 0.1) is 10.6 Å². The van der Waals surface area contributed by atoms with Crippen LogP contribution in [0.2, 0.25) is 0 Å². The fraction of sp³-hybridized carbons (Fsp3) is 0.222. The van der Waals surface area contributed by atoms with Gasteiger partial charge in [-0.15, -0.1) is 0 Å². The van der Waals surface area contributed by atoms with Crippen LogP contribution in [0.3, 0.4) is 0 Å². The molecule has 0 aromatic heterocycles. The molecule has 0 atom stereocenters. The molecule has 0 spiro atoms. The van der Waals surface area contributed by atoms with Gasteiger partial charge in [-0.3, -0.25) is 10.1 Å². The lowest BCUT2D eigenvalue weighted by molar-refractivity contribution is -0.387. The van der Waals surface area contributed by atoms with Gasteiger partial charge < -0.3 is 10.6 Å². The fourth-order valence-electron chi connectivity index (χ4n) is 1.34. The number of nitrogens with zero attached hydrogens (tertiary/aromatic N) is 2. The summed E-state index contributed by atoms with van der Waals surface area (Å²) in [5.74, 6) is -0.317. The van der Waals surface area contributed by atoms with E-state index in [0.717, 1.165) is 25.2 Å². The SMILES string of the molecule is O=[N+]([O-])c1cc(N=C2NCCN2)ccc1F. The Balaban J connectivity index is 2.32. The molecule has 2 rings (SSSR count). The van der Waals surface area contributed by atoms with E-state index in [1.54, 1.807) is 0 Å². The van der Waals surface area contributed by atoms with Gasteiger partial charge in [-0.25, -0.2) is 4.99 Å². The van der Waals surface area contributed by atoms with Crippen LogP contribution in [0.4, 0.5) is 15.8 Å². The molecule has 1 aliphatic rings. The van der Waals surface area contributed by atoms with E-state index in [1.807, 2.05) is 0 Å². The summed E-state index contributed by atoms with van der Waals surface area (Å²) in [7, 11) is 0. The lowest BCUT2D eigenvalue weighted by Crippen LogP contribution is -2.23. The van der Waals surface area contributed by atoms with E-state index in [9.17, 15) is 14.5 Å². The van der Waals surface area contributed by atoms with Crippen molar-refractivity contribution in [2.75, 3.05) is 13.1 Å². The van der Waals surface area contributed by atoms with Crippen molar-refractivity contribution < 1.29 is 9.31 Å². The maximum atomic E-state index is 13.0. The molecule has 1 aliphatic heterocycles. The minimum Gasteiger partial charge on any atom is -0.354 e. The molecule has 0 amide bonds. The Morgan fingerprint density at radius 2 is 2.06 bits per heavy atom. The number of guanidine groups is 1. The Morgan fingerprint density at radius 1 is 1.38 bits per heavy atom. The summed E-state index contributed by atoms with van der Waals surface area (Å²) in [6.45, 7) is 1.50. The standard InChI is InChI=1S/C9H9FN4O2/c10-7-2-1-6(5-8(7)14(15)16)13-9-11-3-4-12-9/h1-2,5H,3-4H2,(H2,11,12,13). The highest BCUT2D eigenvalue weighted by Crippen LogP contribution is 2.23. The summed E-state index contributed by atoms with van der Waals surface area (Å²) >= 11 is 0. The number of nitro groups is 1. The highest BCUT2D eigenvalue weighted by atomic mass is 19.1. The van der Waals surface area contributed by atoms with Gasteiger partial charge in [0.25, 0.3) is 0 Å². The molecule has 7 heteroatoms. The summed E-state index contributed by atoms with van der Waals surface area (Å²) in [6, 6.07) is 3.52. The predicted molar refractivity (Wildman–Crippen MR) is 56.2 cm³/mol. The molecular weight excluding hydrogens is 215 g/mol. The van der Waals surface area contributed by atoms with Gasteiger partial charge in [-0.1, -0.05) is 0 Å². The quantitative estimate of drug-likeness (QED) is 0.578. The van der Waals surface area contributed by atoms with E-state index in [-0.39, 0.29) is 0 Å². The molecule has 1 aromatic carbocycles. The fourth-order valence-corrected chi connectivity index (χ4v) is 1.34. The van der Waals surface area contributed by atoms with Crippen LogP contribution in [0.25, 0.3) is 0 Å². The van der Waals surface area contributed by atoms with E-state index < -0.39 is 16.4 Å². The van der Waals surface area contributed by atoms with E-state index in [1.165, 1.54) is 6.07 Å². The highest BCUT2D eigenvalue weighted by molar-refractivity contribution is 5.84. The van der Waals surface area contributed by atoms with Gasteiger partial charge in [0.2, 0.25) is 5.82 Å². The summed E-state index contributed by atoms with van der Waals surface area (Å²) in [4.78, 5) is 13.8. The Morgan fingerprint density at radius 3 is 2.69 bits per heavy atom. The molecule has 0 saturated carbocycles. The van der Waals surface area contributed by atoms with Crippen molar-refractivity contribution in [3.05, 3.63) is 34.1 Å². The Bertz CT molecular complexity index is 453. The number of hydrogen-bond donors (Lipinski definition) is 2. The van der Waals surface area contributed by atoms with Gasteiger partial charge in [0.1, 0.15) is 0 Å². The van der Waals surface area contributed by atoms with Crippen molar-refractivity contribution in [1.82, 2.24) is 10.6 Å². The van der Waals surface area contributed by atoms with Crippen LogP contribution >= 0.6 is 0 Å². The molecule has 6 nitrogen and oxygen atoms in total. The number of aliphatic imine (C=N–C) groups is 1. The molecule has 1 saturated heterocycles. The van der Waals surface area contributed by atoms with Gasteiger partial charge in [0, 0.05) is 19.2 Å². The molecule has 0 unspecified atom stereocenters. The average molecular weight is 224 g/mol. The van der Waals surface area contributed by atoms with E-state index in [4.69, 9.17) is 0 Å². The van der Waals surface area contributed by atoms with Gasteiger partial charge in [0.15, 0.2) is 5.96 Å². The van der Waals surface area contributed by atoms with Crippen LogP contribution in [0.15, 0.2) is 23.2 Å². The third kappa shape index (κ3) is 2.08. The number of hydrogen-bond acceptors (Lipinski definition) is 3. The Kier molecular flexibility index (Phi) is 2.67. The van der Waals surface area contributed by atoms with E-state index >= 15 is 0 Å². The normalized spacial score (nSPS) is 14.2. The van der Waals surface area contributed by atoms with Crippen LogP contribution in [0, 0.1) is 15.9 Å². The van der Waals surface area contributed by atoms with Gasteiger partial charge in [-0.05, 0) is 12.1 Å². The van der Waals surface area contributed by atoms with E-state index in [2.05, 4.69) is 15.6 Å². The Hall–Kier alpha value is -2.18. The minimum atomic E-state index is -0.860. The van der Waals surface area contributed by atoms with Crippen LogP contribution < -0.4 is 10.6 Å². The number of halogens is 1. The molecule has 2 N–H and O–H groups in total. The van der Waals surface area contributed by atoms with E-state index in [0.29, 0.717) is 11.6 Å². The topological polar surface area (TPSA) is 79.6 Å². The van der Waals surface area contributed by atoms with Crippen LogP contribution in [0.5, 0.6) is 0 Å². The molecule has 1 fully saturated rings. The van der Waals surface area contributed by atoms with Crippen molar-refractivity contribution in [2.45, 2.75) is 0 Å². The zero-order chi connectivity index (χ0) is 11.5. The lowest BCUT2D eigenvalue weighted by Gasteiger charge is -1.99. The first kappa shape index (κ1) is 10.3. The van der Waals surface area contributed by atoms with Crippen LogP contribution in [-0.4, -0.2) is 24.0 Å². The maximum Gasteiger partial charge on any atom is 0.306 e. The molecule has 0 aliphatic carbocycles. The molecule has 0 bridgehead atoms. The number of nitro benzene ring substituents is 1. The summed E-state index contributed by atoms with van der Waals surface area (Å²) in [6.07, 6.45) is 0.